The minimum absolute atomic E-state index is 0.237. The summed E-state index contributed by atoms with van der Waals surface area (Å²) in [6, 6.07) is 0.237. The van der Waals surface area contributed by atoms with Crippen molar-refractivity contribution in [3.8, 4) is 0 Å². The number of carboxylic acid groups (broad SMARTS) is 1. The summed E-state index contributed by atoms with van der Waals surface area (Å²) in [5.74, 6) is 1.44. The Bertz CT molecular complexity index is 320. The molecule has 3 nitrogen and oxygen atoms in total. The van der Waals surface area contributed by atoms with Crippen LogP contribution in [0.3, 0.4) is 0 Å². The van der Waals surface area contributed by atoms with Crippen LogP contribution < -0.4 is 5.73 Å². The van der Waals surface area contributed by atoms with Crippen LogP contribution in [0, 0.1) is 23.2 Å². The highest BCUT2D eigenvalue weighted by molar-refractivity contribution is 5.75. The largest absolute Gasteiger partial charge is 0.481 e. The Labute approximate surface area is 103 Å². The second-order valence-corrected chi connectivity index (χ2v) is 6.58. The highest BCUT2D eigenvalue weighted by Gasteiger charge is 2.55. The third-order valence-electron chi connectivity index (χ3n) is 5.80. The average molecular weight is 237 g/mol. The lowest BCUT2D eigenvalue weighted by atomic mass is 9.60. The van der Waals surface area contributed by atoms with E-state index in [1.54, 1.807) is 0 Å². The first-order valence-electron chi connectivity index (χ1n) is 7.11. The summed E-state index contributed by atoms with van der Waals surface area (Å²) in [4.78, 5) is 11.8. The van der Waals surface area contributed by atoms with Gasteiger partial charge >= 0.3 is 5.97 Å². The van der Waals surface area contributed by atoms with E-state index in [1.807, 2.05) is 0 Å². The molecule has 3 rings (SSSR count). The normalized spacial score (nSPS) is 49.5. The molecule has 3 unspecified atom stereocenters. The van der Waals surface area contributed by atoms with E-state index >= 15 is 0 Å². The predicted molar refractivity (Wildman–Crippen MR) is 65.5 cm³/mol. The van der Waals surface area contributed by atoms with E-state index in [0.29, 0.717) is 11.8 Å². The molecule has 3 heteroatoms. The molecule has 0 saturated heterocycles. The van der Waals surface area contributed by atoms with Gasteiger partial charge in [-0.15, -0.1) is 0 Å². The lowest BCUT2D eigenvalue weighted by Crippen LogP contribution is -2.46. The number of hydrogen-bond acceptors (Lipinski definition) is 2. The molecule has 0 aliphatic heterocycles. The van der Waals surface area contributed by atoms with Crippen LogP contribution in [-0.4, -0.2) is 17.1 Å². The Hall–Kier alpha value is -0.570. The topological polar surface area (TPSA) is 63.3 Å². The Morgan fingerprint density at radius 3 is 2.29 bits per heavy atom. The van der Waals surface area contributed by atoms with Crippen molar-refractivity contribution < 1.29 is 9.90 Å². The first-order chi connectivity index (χ1) is 8.12. The van der Waals surface area contributed by atoms with Crippen molar-refractivity contribution in [3.05, 3.63) is 0 Å². The lowest BCUT2D eigenvalue weighted by molar-refractivity contribution is -0.157. The molecule has 17 heavy (non-hydrogen) atoms. The summed E-state index contributed by atoms with van der Waals surface area (Å²) in [6.07, 6.45) is 8.53. The minimum atomic E-state index is -0.540. The van der Waals surface area contributed by atoms with Crippen molar-refractivity contribution in [3.63, 3.8) is 0 Å². The molecule has 0 spiro atoms. The smallest absolute Gasteiger partial charge is 0.309 e. The van der Waals surface area contributed by atoms with Gasteiger partial charge in [0.1, 0.15) is 0 Å². The fourth-order valence-electron chi connectivity index (χ4n) is 4.82. The molecular formula is C14H23NO2. The van der Waals surface area contributed by atoms with Gasteiger partial charge in [-0.25, -0.2) is 0 Å². The van der Waals surface area contributed by atoms with Crippen LogP contribution in [0.2, 0.25) is 0 Å². The average Bonchev–Trinajstić information content (AvgIpc) is 2.92. The molecule has 0 aromatic rings. The van der Waals surface area contributed by atoms with E-state index in [2.05, 4.69) is 0 Å². The molecule has 0 heterocycles. The third-order valence-corrected chi connectivity index (χ3v) is 5.80. The molecule has 0 aromatic carbocycles. The van der Waals surface area contributed by atoms with E-state index in [1.165, 1.54) is 25.7 Å². The van der Waals surface area contributed by atoms with Crippen molar-refractivity contribution in [1.82, 2.24) is 0 Å². The lowest BCUT2D eigenvalue weighted by Gasteiger charge is -2.43. The minimum Gasteiger partial charge on any atom is -0.481 e. The van der Waals surface area contributed by atoms with Crippen LogP contribution in [0.1, 0.15) is 51.4 Å². The molecule has 3 aliphatic rings. The number of nitrogens with two attached hydrogens (primary N) is 1. The summed E-state index contributed by atoms with van der Waals surface area (Å²) in [5, 5.41) is 9.72. The van der Waals surface area contributed by atoms with Crippen LogP contribution in [0.15, 0.2) is 0 Å². The monoisotopic (exact) mass is 237 g/mol. The van der Waals surface area contributed by atoms with Gasteiger partial charge in [-0.05, 0) is 62.7 Å². The zero-order valence-corrected chi connectivity index (χ0v) is 10.4. The molecule has 3 saturated carbocycles. The SMILES string of the molecule is NC1CCC(C(=O)O)(C2CC3CCC2C3)CC1. The standard InChI is InChI=1S/C14H23NO2/c15-11-3-5-14(6-4-11,13(16)17)12-8-9-1-2-10(12)7-9/h9-12H,1-8,15H2,(H,16,17). The van der Waals surface area contributed by atoms with Gasteiger partial charge < -0.3 is 10.8 Å². The van der Waals surface area contributed by atoms with Crippen LogP contribution >= 0.6 is 0 Å². The van der Waals surface area contributed by atoms with Gasteiger partial charge in [0.25, 0.3) is 0 Å². The molecular weight excluding hydrogens is 214 g/mol. The van der Waals surface area contributed by atoms with Crippen molar-refractivity contribution >= 4 is 5.97 Å². The molecule has 3 fully saturated rings. The van der Waals surface area contributed by atoms with E-state index in [4.69, 9.17) is 5.73 Å². The number of aliphatic carboxylic acids is 1. The van der Waals surface area contributed by atoms with Crippen LogP contribution in [-0.2, 0) is 4.79 Å². The molecule has 0 aromatic heterocycles. The summed E-state index contributed by atoms with van der Waals surface area (Å²) in [7, 11) is 0. The first-order valence-corrected chi connectivity index (χ1v) is 7.11. The van der Waals surface area contributed by atoms with E-state index < -0.39 is 11.4 Å². The van der Waals surface area contributed by atoms with Crippen molar-refractivity contribution in [1.29, 1.82) is 0 Å². The van der Waals surface area contributed by atoms with Gasteiger partial charge in [0.15, 0.2) is 0 Å². The van der Waals surface area contributed by atoms with Crippen molar-refractivity contribution in [2.24, 2.45) is 28.9 Å². The van der Waals surface area contributed by atoms with E-state index in [9.17, 15) is 9.90 Å². The van der Waals surface area contributed by atoms with E-state index in [0.717, 1.165) is 31.6 Å². The molecule has 3 aliphatic carbocycles. The molecule has 2 bridgehead atoms. The number of rotatable bonds is 2. The van der Waals surface area contributed by atoms with Gasteiger partial charge in [-0.1, -0.05) is 6.42 Å². The number of fused-ring (bicyclic) bond motifs is 2. The zero-order valence-electron chi connectivity index (χ0n) is 10.4. The van der Waals surface area contributed by atoms with Crippen LogP contribution in [0.5, 0.6) is 0 Å². The maximum atomic E-state index is 11.8. The van der Waals surface area contributed by atoms with Crippen molar-refractivity contribution in [2.45, 2.75) is 57.4 Å². The third kappa shape index (κ3) is 1.70. The summed E-state index contributed by atoms with van der Waals surface area (Å²) >= 11 is 0. The van der Waals surface area contributed by atoms with Crippen LogP contribution in [0.4, 0.5) is 0 Å². The Morgan fingerprint density at radius 2 is 1.82 bits per heavy atom. The molecule has 96 valence electrons. The zero-order chi connectivity index (χ0) is 12.0. The Kier molecular flexibility index (Phi) is 2.69. The Morgan fingerprint density at radius 1 is 1.12 bits per heavy atom. The first kappa shape index (κ1) is 11.5. The summed E-state index contributed by atoms with van der Waals surface area (Å²) < 4.78 is 0. The highest BCUT2D eigenvalue weighted by Crippen LogP contribution is 2.58. The maximum absolute atomic E-state index is 11.8. The Balaban J connectivity index is 1.83. The second-order valence-electron chi connectivity index (χ2n) is 6.58. The molecule has 3 atom stereocenters. The summed E-state index contributed by atoms with van der Waals surface area (Å²) in [6.45, 7) is 0. The highest BCUT2D eigenvalue weighted by atomic mass is 16.4. The number of carboxylic acids is 1. The molecule has 0 radical (unpaired) electrons. The number of hydrogen-bond donors (Lipinski definition) is 2. The number of carbonyl (C=O) groups is 1. The fraction of sp³-hybridized carbons (Fsp3) is 0.929. The van der Waals surface area contributed by atoms with E-state index in [-0.39, 0.29) is 6.04 Å². The van der Waals surface area contributed by atoms with Crippen LogP contribution in [0.25, 0.3) is 0 Å². The van der Waals surface area contributed by atoms with Gasteiger partial charge in [0.05, 0.1) is 5.41 Å². The molecule has 0 amide bonds. The summed E-state index contributed by atoms with van der Waals surface area (Å²) in [5.41, 5.74) is 5.52. The van der Waals surface area contributed by atoms with Gasteiger partial charge in [0.2, 0.25) is 0 Å². The van der Waals surface area contributed by atoms with Gasteiger partial charge in [0, 0.05) is 6.04 Å². The predicted octanol–water partition coefficient (Wildman–Crippen LogP) is 2.39. The van der Waals surface area contributed by atoms with Gasteiger partial charge in [-0.3, -0.25) is 4.79 Å². The maximum Gasteiger partial charge on any atom is 0.309 e. The molecule has 3 N–H and O–H groups in total. The van der Waals surface area contributed by atoms with Crippen molar-refractivity contribution in [2.75, 3.05) is 0 Å². The second kappa shape index (κ2) is 3.98. The van der Waals surface area contributed by atoms with Gasteiger partial charge in [-0.2, -0.15) is 0 Å². The fourth-order valence-corrected chi connectivity index (χ4v) is 4.82. The quantitative estimate of drug-likeness (QED) is 0.775.